The van der Waals surface area contributed by atoms with E-state index in [1.54, 1.807) is 0 Å². The minimum Gasteiger partial charge on any atom is -0.491 e. The van der Waals surface area contributed by atoms with Crippen LogP contribution in [0.3, 0.4) is 0 Å². The zero-order chi connectivity index (χ0) is 26.2. The van der Waals surface area contributed by atoms with Gasteiger partial charge in [-0.2, -0.15) is 18.2 Å². The third-order valence-corrected chi connectivity index (χ3v) is 4.73. The number of oxazole rings is 1. The van der Waals surface area contributed by atoms with Crippen molar-refractivity contribution in [1.82, 2.24) is 14.7 Å². The highest BCUT2D eigenvalue weighted by molar-refractivity contribution is 6.32. The summed E-state index contributed by atoms with van der Waals surface area (Å²) in [6, 6.07) is 5.75. The van der Waals surface area contributed by atoms with Crippen molar-refractivity contribution in [2.24, 2.45) is 0 Å². The Morgan fingerprint density at radius 3 is 2.61 bits per heavy atom. The molecule has 0 amide bonds. The minimum absolute atomic E-state index is 0.0223. The third-order valence-electron chi connectivity index (χ3n) is 4.45. The first kappa shape index (κ1) is 24.7. The van der Waals surface area contributed by atoms with Crippen LogP contribution in [-0.4, -0.2) is 34.0 Å². The molecule has 188 valence electrons. The fourth-order valence-corrected chi connectivity index (χ4v) is 3.02. The topological polar surface area (TPSA) is 121 Å². The maximum Gasteiger partial charge on any atom is 0.493 e. The summed E-state index contributed by atoms with van der Waals surface area (Å²) in [6.07, 6.45) is -4.21. The van der Waals surface area contributed by atoms with Crippen LogP contribution < -0.4 is 26.0 Å². The molecular weight excluding hydrogens is 521 g/mol. The number of aromatic nitrogens is 3. The Morgan fingerprint density at radius 1 is 1.17 bits per heavy atom. The molecule has 16 heteroatoms. The molecule has 0 aliphatic heterocycles. The molecular formula is C20H11ClF5N5O5. The summed E-state index contributed by atoms with van der Waals surface area (Å²) < 4.78 is 75.2. The van der Waals surface area contributed by atoms with Crippen molar-refractivity contribution in [2.75, 3.05) is 17.7 Å². The van der Waals surface area contributed by atoms with Gasteiger partial charge in [0.05, 0.1) is 19.0 Å². The van der Waals surface area contributed by atoms with Gasteiger partial charge < -0.3 is 24.6 Å². The zero-order valence-electron chi connectivity index (χ0n) is 17.6. The summed E-state index contributed by atoms with van der Waals surface area (Å²) in [5, 5.41) is 5.25. The van der Waals surface area contributed by atoms with Crippen molar-refractivity contribution in [1.29, 1.82) is 0 Å². The molecule has 4 rings (SSSR count). The molecule has 0 fully saturated rings. The highest BCUT2D eigenvalue weighted by atomic mass is 35.5. The van der Waals surface area contributed by atoms with Gasteiger partial charge >= 0.3 is 17.9 Å². The summed E-state index contributed by atoms with van der Waals surface area (Å²) in [4.78, 5) is 35.1. The van der Waals surface area contributed by atoms with Crippen LogP contribution in [0, 0.1) is 11.6 Å². The summed E-state index contributed by atoms with van der Waals surface area (Å²) >= 11 is 6.09. The number of anilines is 4. The van der Waals surface area contributed by atoms with Crippen LogP contribution >= 0.6 is 11.6 Å². The van der Waals surface area contributed by atoms with Crippen LogP contribution in [0.25, 0.3) is 11.1 Å². The maximum absolute atomic E-state index is 14.4. The van der Waals surface area contributed by atoms with Gasteiger partial charge in [-0.1, -0.05) is 16.3 Å². The molecule has 0 radical (unpaired) electrons. The van der Waals surface area contributed by atoms with Gasteiger partial charge in [0.1, 0.15) is 10.5 Å². The van der Waals surface area contributed by atoms with E-state index in [0.29, 0.717) is 0 Å². The van der Waals surface area contributed by atoms with Crippen LogP contribution in [0.1, 0.15) is 0 Å². The predicted molar refractivity (Wildman–Crippen MR) is 115 cm³/mol. The number of ether oxygens (including phenoxy) is 1. The molecule has 2 aromatic carbocycles. The molecule has 4 aromatic rings. The number of nitrogens with zero attached hydrogens (tertiary/aromatic N) is 3. The van der Waals surface area contributed by atoms with Gasteiger partial charge in [-0.3, -0.25) is 0 Å². The Kier molecular flexibility index (Phi) is 6.41. The lowest BCUT2D eigenvalue weighted by molar-refractivity contribution is -0.200. The fourth-order valence-electron chi connectivity index (χ4n) is 2.88. The molecule has 0 spiro atoms. The van der Waals surface area contributed by atoms with Gasteiger partial charge in [-0.15, -0.1) is 0 Å². The quantitative estimate of drug-likeness (QED) is 0.350. The number of hydrogen-bond donors (Lipinski definition) is 2. The lowest BCUT2D eigenvalue weighted by Crippen LogP contribution is -2.36. The molecule has 2 N–H and O–H groups in total. The van der Waals surface area contributed by atoms with Gasteiger partial charge in [0.15, 0.2) is 28.8 Å². The number of carbonyl (C=O) groups excluding carboxylic acids is 1. The van der Waals surface area contributed by atoms with Gasteiger partial charge in [0.2, 0.25) is 5.95 Å². The number of rotatable bonds is 6. The summed E-state index contributed by atoms with van der Waals surface area (Å²) in [5.74, 6) is -6.82. The van der Waals surface area contributed by atoms with Gasteiger partial charge in [0.25, 0.3) is 0 Å². The van der Waals surface area contributed by atoms with Crippen LogP contribution in [-0.2, 0) is 4.79 Å². The third kappa shape index (κ3) is 4.86. The molecule has 2 heterocycles. The fraction of sp³-hybridized carbons (Fsp3) is 0.100. The predicted octanol–water partition coefficient (Wildman–Crippen LogP) is 4.33. The van der Waals surface area contributed by atoms with Crippen LogP contribution in [0.5, 0.6) is 5.75 Å². The second kappa shape index (κ2) is 9.33. The van der Waals surface area contributed by atoms with E-state index in [-0.39, 0.29) is 44.0 Å². The van der Waals surface area contributed by atoms with Gasteiger partial charge in [-0.05, 0) is 30.3 Å². The highest BCUT2D eigenvalue weighted by Gasteiger charge is 2.42. The first-order valence-corrected chi connectivity index (χ1v) is 9.89. The van der Waals surface area contributed by atoms with E-state index in [1.165, 1.54) is 12.1 Å². The van der Waals surface area contributed by atoms with Crippen LogP contribution in [0.2, 0.25) is 5.02 Å². The van der Waals surface area contributed by atoms with E-state index in [4.69, 9.17) is 16.0 Å². The first-order valence-electron chi connectivity index (χ1n) is 9.51. The van der Waals surface area contributed by atoms with Crippen molar-refractivity contribution in [3.63, 3.8) is 0 Å². The first-order chi connectivity index (χ1) is 17.0. The average molecular weight is 532 g/mol. The summed E-state index contributed by atoms with van der Waals surface area (Å²) in [5.41, 5.74) is -0.581. The maximum atomic E-state index is 14.4. The van der Waals surface area contributed by atoms with Gasteiger partial charge in [-0.25, -0.2) is 23.4 Å². The zero-order valence-corrected chi connectivity index (χ0v) is 18.4. The van der Waals surface area contributed by atoms with E-state index < -0.39 is 35.3 Å². The van der Waals surface area contributed by atoms with E-state index in [0.717, 1.165) is 31.5 Å². The smallest absolute Gasteiger partial charge is 0.491 e. The number of alkyl halides is 3. The number of carbonyl (C=O) groups is 1. The van der Waals surface area contributed by atoms with E-state index in [2.05, 4.69) is 30.2 Å². The standard InChI is InChI=1S/C20H11ClF5N5O5/c1-34-15-10(22)3-4-11(14(15)23)29-18-27-7-9(21)16(30-18)28-8-2-5-13-12(6-8)31(19(33)35-13)36-17(32)20(24,25)26/h2-7H,1H3,(H2,27,28,29,30). The molecule has 36 heavy (non-hydrogen) atoms. The lowest BCUT2D eigenvalue weighted by atomic mass is 10.2. The van der Waals surface area contributed by atoms with Gasteiger partial charge in [0, 0.05) is 5.69 Å². The minimum atomic E-state index is -5.36. The molecule has 0 saturated carbocycles. The number of hydrogen-bond acceptors (Lipinski definition) is 9. The lowest BCUT2D eigenvalue weighted by Gasteiger charge is -2.12. The summed E-state index contributed by atoms with van der Waals surface area (Å²) in [7, 11) is 1.09. The molecule has 0 aliphatic rings. The van der Waals surface area contributed by atoms with E-state index >= 15 is 0 Å². The number of methoxy groups -OCH3 is 1. The van der Waals surface area contributed by atoms with Crippen molar-refractivity contribution >= 4 is 51.8 Å². The molecule has 0 aliphatic carbocycles. The molecule has 10 nitrogen and oxygen atoms in total. The molecule has 0 atom stereocenters. The van der Waals surface area contributed by atoms with Crippen molar-refractivity contribution < 1.29 is 40.7 Å². The second-order valence-electron chi connectivity index (χ2n) is 6.80. The monoisotopic (exact) mass is 531 g/mol. The second-order valence-corrected chi connectivity index (χ2v) is 7.21. The van der Waals surface area contributed by atoms with Crippen molar-refractivity contribution in [2.45, 2.75) is 6.18 Å². The Bertz CT molecular complexity index is 1540. The summed E-state index contributed by atoms with van der Waals surface area (Å²) in [6.45, 7) is 0. The number of fused-ring (bicyclic) bond motifs is 1. The highest BCUT2D eigenvalue weighted by Crippen LogP contribution is 2.31. The normalized spacial score (nSPS) is 11.4. The Morgan fingerprint density at radius 2 is 1.92 bits per heavy atom. The van der Waals surface area contributed by atoms with Crippen LogP contribution in [0.4, 0.5) is 45.1 Å². The Balaban J connectivity index is 1.64. The SMILES string of the molecule is COc1c(F)ccc(Nc2ncc(Cl)c(Nc3ccc4oc(=O)n(OC(=O)C(F)(F)F)c4c3)n2)c1F. The van der Waals surface area contributed by atoms with E-state index in [9.17, 15) is 31.5 Å². The average Bonchev–Trinajstić information content (AvgIpc) is 3.12. The largest absolute Gasteiger partial charge is 0.493 e. The van der Waals surface area contributed by atoms with E-state index in [1.807, 2.05) is 0 Å². The molecule has 0 saturated heterocycles. The number of benzene rings is 2. The number of nitrogens with one attached hydrogen (secondary N) is 2. The Labute approximate surface area is 201 Å². The number of halogens is 6. The molecule has 2 aromatic heterocycles. The molecule has 0 bridgehead atoms. The molecule has 0 unspecified atom stereocenters. The Hall–Kier alpha value is -4.40. The van der Waals surface area contributed by atoms with Crippen molar-refractivity contribution in [3.8, 4) is 5.75 Å². The van der Waals surface area contributed by atoms with Crippen molar-refractivity contribution in [3.05, 3.63) is 63.7 Å². The van der Waals surface area contributed by atoms with Crippen LogP contribution in [0.15, 0.2) is 45.7 Å².